The molecule has 4 aromatic rings. The number of hydrogen-bond acceptors (Lipinski definition) is 10. The highest BCUT2D eigenvalue weighted by molar-refractivity contribution is 7.18. The van der Waals surface area contributed by atoms with Crippen molar-refractivity contribution in [2.24, 2.45) is 0 Å². The molecule has 0 bridgehead atoms. The fourth-order valence-corrected chi connectivity index (χ4v) is 5.23. The highest BCUT2D eigenvalue weighted by Gasteiger charge is 2.29. The molecule has 6 heterocycles. The summed E-state index contributed by atoms with van der Waals surface area (Å²) in [5.41, 5.74) is 4.13. The second-order valence-electron chi connectivity index (χ2n) is 9.28. The maximum absolute atomic E-state index is 10.3. The number of piperidine rings is 1. The van der Waals surface area contributed by atoms with Gasteiger partial charge in [0.05, 0.1) is 59.1 Å². The smallest absolute Gasteiger partial charge is 0.208 e. The zero-order valence-electron chi connectivity index (χ0n) is 19.2. The topological polar surface area (TPSA) is 124 Å². The molecule has 0 radical (unpaired) electrons. The third kappa shape index (κ3) is 4.20. The summed E-state index contributed by atoms with van der Waals surface area (Å²) in [5.74, 6) is 0. The van der Waals surface area contributed by atoms with E-state index in [0.717, 1.165) is 51.4 Å². The van der Waals surface area contributed by atoms with Gasteiger partial charge in [-0.25, -0.2) is 4.52 Å². The number of hydrogen-bond donors (Lipinski definition) is 2. The van der Waals surface area contributed by atoms with Crippen molar-refractivity contribution in [3.63, 3.8) is 0 Å². The van der Waals surface area contributed by atoms with Crippen LogP contribution in [0.1, 0.15) is 25.3 Å². The van der Waals surface area contributed by atoms with Gasteiger partial charge in [-0.2, -0.15) is 10.4 Å². The summed E-state index contributed by atoms with van der Waals surface area (Å²) in [5, 5.41) is 38.0. The predicted octanol–water partition coefficient (Wildman–Crippen LogP) is 2.95. The van der Waals surface area contributed by atoms with Gasteiger partial charge in [0.25, 0.3) is 0 Å². The van der Waals surface area contributed by atoms with Crippen molar-refractivity contribution in [3.05, 3.63) is 42.2 Å². The Hall–Kier alpha value is -3.59. The molecule has 2 aliphatic rings. The van der Waals surface area contributed by atoms with Gasteiger partial charge in [-0.1, -0.05) is 11.3 Å². The third-order valence-electron chi connectivity index (χ3n) is 6.55. The van der Waals surface area contributed by atoms with Crippen molar-refractivity contribution in [2.45, 2.75) is 31.4 Å². The Balaban J connectivity index is 1.34. The lowest BCUT2D eigenvalue weighted by Gasteiger charge is -2.35. The van der Waals surface area contributed by atoms with Gasteiger partial charge in [-0.05, 0) is 44.0 Å². The van der Waals surface area contributed by atoms with Crippen LogP contribution in [0.5, 0.6) is 0 Å². The summed E-state index contributed by atoms with van der Waals surface area (Å²) >= 11 is 1.53. The number of nitrogens with one attached hydrogen (secondary N) is 1. The molecule has 11 heteroatoms. The van der Waals surface area contributed by atoms with Gasteiger partial charge < -0.3 is 20.1 Å². The fraction of sp³-hybridized carbons (Fsp3) is 0.375. The zero-order valence-corrected chi connectivity index (χ0v) is 20.0. The van der Waals surface area contributed by atoms with Gasteiger partial charge in [0.1, 0.15) is 6.07 Å². The van der Waals surface area contributed by atoms with E-state index in [1.165, 1.54) is 11.3 Å². The molecule has 6 rings (SSSR count). The standard InChI is InChI=1S/C24H24N8O2S/c1-24(33)4-6-31(7-5-24)23-30-29-22(35-23)18-12-26-20(9-19(18)28-16-13-34-14-16)21-3-2-17-8-15(10-25)11-27-32(17)21/h2-3,8-9,11-12,16,33H,4-7,13-14H2,1H3,(H,26,28). The zero-order chi connectivity index (χ0) is 24.0. The number of nitriles is 1. The maximum atomic E-state index is 10.3. The maximum Gasteiger partial charge on any atom is 0.208 e. The summed E-state index contributed by atoms with van der Waals surface area (Å²) in [6.07, 6.45) is 4.80. The molecule has 0 saturated carbocycles. The molecule has 4 aromatic heterocycles. The quantitative estimate of drug-likeness (QED) is 0.436. The van der Waals surface area contributed by atoms with Crippen LogP contribution in [0.25, 0.3) is 27.5 Å². The number of aliphatic hydroxyl groups is 1. The number of aromatic nitrogens is 5. The molecular formula is C24H24N8O2S. The number of fused-ring (bicyclic) bond motifs is 1. The monoisotopic (exact) mass is 488 g/mol. The molecule has 0 aliphatic carbocycles. The molecule has 0 unspecified atom stereocenters. The number of rotatable bonds is 5. The summed E-state index contributed by atoms with van der Waals surface area (Å²) in [7, 11) is 0. The molecule has 0 aromatic carbocycles. The van der Waals surface area contributed by atoms with Crippen LogP contribution in [-0.4, -0.2) is 67.8 Å². The average Bonchev–Trinajstić information content (AvgIpc) is 3.48. The molecule has 2 fully saturated rings. The molecular weight excluding hydrogens is 464 g/mol. The van der Waals surface area contributed by atoms with Crippen LogP contribution in [0.3, 0.4) is 0 Å². The minimum atomic E-state index is -0.611. The second kappa shape index (κ2) is 8.57. The van der Waals surface area contributed by atoms with E-state index in [1.807, 2.05) is 31.3 Å². The Morgan fingerprint density at radius 2 is 2.03 bits per heavy atom. The Kier molecular flexibility index (Phi) is 5.36. The molecule has 178 valence electrons. The average molecular weight is 489 g/mol. The van der Waals surface area contributed by atoms with Crippen LogP contribution < -0.4 is 10.2 Å². The first-order chi connectivity index (χ1) is 17.0. The van der Waals surface area contributed by atoms with E-state index < -0.39 is 5.60 Å². The van der Waals surface area contributed by atoms with Crippen LogP contribution in [0.2, 0.25) is 0 Å². The van der Waals surface area contributed by atoms with Gasteiger partial charge >= 0.3 is 0 Å². The van der Waals surface area contributed by atoms with Crippen molar-refractivity contribution in [2.75, 3.05) is 36.5 Å². The second-order valence-corrected chi connectivity index (χ2v) is 10.2. The third-order valence-corrected chi connectivity index (χ3v) is 7.57. The van der Waals surface area contributed by atoms with E-state index in [-0.39, 0.29) is 6.04 Å². The molecule has 2 aliphatic heterocycles. The highest BCUT2D eigenvalue weighted by atomic mass is 32.1. The van der Waals surface area contributed by atoms with Crippen molar-refractivity contribution < 1.29 is 9.84 Å². The minimum Gasteiger partial charge on any atom is -0.390 e. The summed E-state index contributed by atoms with van der Waals surface area (Å²) in [6, 6.07) is 10.0. The molecule has 35 heavy (non-hydrogen) atoms. The van der Waals surface area contributed by atoms with Gasteiger partial charge in [-0.3, -0.25) is 4.98 Å². The number of ether oxygens (including phenoxy) is 1. The Labute approximate surface area is 205 Å². The van der Waals surface area contributed by atoms with Gasteiger partial charge in [0, 0.05) is 25.0 Å². The van der Waals surface area contributed by atoms with Crippen LogP contribution in [0, 0.1) is 11.3 Å². The molecule has 0 spiro atoms. The van der Waals surface area contributed by atoms with E-state index >= 15 is 0 Å². The van der Waals surface area contributed by atoms with Gasteiger partial charge in [0.15, 0.2) is 5.01 Å². The van der Waals surface area contributed by atoms with E-state index in [0.29, 0.717) is 31.6 Å². The largest absolute Gasteiger partial charge is 0.390 e. The van der Waals surface area contributed by atoms with Crippen molar-refractivity contribution in [3.8, 4) is 28.0 Å². The Bertz CT molecular complexity index is 1430. The molecule has 0 atom stereocenters. The first-order valence-corrected chi connectivity index (χ1v) is 12.3. The minimum absolute atomic E-state index is 0.223. The highest BCUT2D eigenvalue weighted by Crippen LogP contribution is 2.37. The molecule has 2 N–H and O–H groups in total. The lowest BCUT2D eigenvalue weighted by Crippen LogP contribution is -2.42. The Morgan fingerprint density at radius 1 is 1.20 bits per heavy atom. The normalized spacial score (nSPS) is 17.8. The first-order valence-electron chi connectivity index (χ1n) is 11.5. The predicted molar refractivity (Wildman–Crippen MR) is 132 cm³/mol. The van der Waals surface area contributed by atoms with Crippen LogP contribution in [0.15, 0.2) is 36.7 Å². The van der Waals surface area contributed by atoms with Gasteiger partial charge in [-0.15, -0.1) is 10.2 Å². The molecule has 10 nitrogen and oxygen atoms in total. The van der Waals surface area contributed by atoms with E-state index in [2.05, 4.69) is 31.6 Å². The van der Waals surface area contributed by atoms with Crippen molar-refractivity contribution in [1.29, 1.82) is 5.26 Å². The van der Waals surface area contributed by atoms with E-state index in [4.69, 9.17) is 15.0 Å². The first kappa shape index (κ1) is 21.9. The SMILES string of the molecule is CC1(O)CCN(c2nnc(-c3cnc(-c4ccc5cc(C#N)cnn45)cc3NC3COC3)s2)CC1. The van der Waals surface area contributed by atoms with Crippen molar-refractivity contribution in [1.82, 2.24) is 24.8 Å². The summed E-state index contributed by atoms with van der Waals surface area (Å²) in [4.78, 5) is 6.92. The van der Waals surface area contributed by atoms with Crippen LogP contribution in [-0.2, 0) is 4.74 Å². The van der Waals surface area contributed by atoms with E-state index in [1.54, 1.807) is 16.8 Å². The number of anilines is 2. The van der Waals surface area contributed by atoms with Gasteiger partial charge in [0.2, 0.25) is 5.13 Å². The fourth-order valence-electron chi connectivity index (χ4n) is 4.31. The van der Waals surface area contributed by atoms with Crippen LogP contribution >= 0.6 is 11.3 Å². The van der Waals surface area contributed by atoms with Crippen molar-refractivity contribution >= 4 is 27.7 Å². The van der Waals surface area contributed by atoms with Crippen LogP contribution in [0.4, 0.5) is 10.8 Å². The molecule has 0 amide bonds. The Morgan fingerprint density at radius 3 is 2.77 bits per heavy atom. The summed E-state index contributed by atoms with van der Waals surface area (Å²) in [6.45, 7) is 4.70. The van der Waals surface area contributed by atoms with E-state index in [9.17, 15) is 5.11 Å². The summed E-state index contributed by atoms with van der Waals surface area (Å²) < 4.78 is 7.15. The molecule has 2 saturated heterocycles. The lowest BCUT2D eigenvalue weighted by molar-refractivity contribution is 0.0211. The number of pyridine rings is 1. The number of nitrogens with zero attached hydrogens (tertiary/aromatic N) is 7. The lowest BCUT2D eigenvalue weighted by atomic mass is 9.94.